The van der Waals surface area contributed by atoms with E-state index in [-0.39, 0.29) is 37.7 Å². The maximum absolute atomic E-state index is 15.1. The van der Waals surface area contributed by atoms with Gasteiger partial charge in [0.05, 0.1) is 11.8 Å². The van der Waals surface area contributed by atoms with Gasteiger partial charge in [-0.2, -0.15) is 0 Å². The van der Waals surface area contributed by atoms with E-state index in [1.807, 2.05) is 74.5 Å². The van der Waals surface area contributed by atoms with Crippen molar-refractivity contribution in [3.8, 4) is 0 Å². The number of rotatable bonds is 20. The van der Waals surface area contributed by atoms with Crippen molar-refractivity contribution >= 4 is 23.7 Å². The van der Waals surface area contributed by atoms with Gasteiger partial charge in [-0.3, -0.25) is 19.8 Å². The fourth-order valence-corrected chi connectivity index (χ4v) is 7.94. The molecule has 0 aromatic heterocycles. The molecule has 11 nitrogen and oxygen atoms in total. The van der Waals surface area contributed by atoms with Crippen molar-refractivity contribution in [2.24, 2.45) is 34.9 Å². The number of nitrogens with two attached hydrogens (primary N) is 1. The number of hydrogen-bond donors (Lipinski definition) is 4. The quantitative estimate of drug-likeness (QED) is 0.0510. The molecular formula is C41H60N4O7. The summed E-state index contributed by atoms with van der Waals surface area (Å²) in [7, 11) is 0. The molecule has 1 aliphatic carbocycles. The fraction of sp³-hybridized carbons (Fsp3) is 0.610. The van der Waals surface area contributed by atoms with Crippen LogP contribution in [-0.4, -0.2) is 43.1 Å². The average molecular weight is 721 g/mol. The number of ketones is 1. The van der Waals surface area contributed by atoms with E-state index in [1.54, 1.807) is 0 Å². The summed E-state index contributed by atoms with van der Waals surface area (Å²) in [6, 6.07) is 19.1. The largest absolute Gasteiger partial charge is 0.445 e. The Hall–Kier alpha value is -3.80. The van der Waals surface area contributed by atoms with Gasteiger partial charge in [0.25, 0.3) is 0 Å². The Morgan fingerprint density at radius 2 is 1.56 bits per heavy atom. The summed E-state index contributed by atoms with van der Waals surface area (Å²) in [4.78, 5) is 61.9. The Balaban J connectivity index is 1.66. The fourth-order valence-electron chi connectivity index (χ4n) is 7.94. The molecule has 2 fully saturated rings. The minimum atomic E-state index is -1.28. The number of hydroxylamine groups is 1. The number of alkyl carbamates (subject to hydrolysis) is 1. The van der Waals surface area contributed by atoms with Crippen molar-refractivity contribution < 1.29 is 33.5 Å². The van der Waals surface area contributed by atoms with Crippen LogP contribution in [-0.2, 0) is 41.7 Å². The molecule has 286 valence electrons. The first-order chi connectivity index (χ1) is 25.2. The molecule has 4 atom stereocenters. The summed E-state index contributed by atoms with van der Waals surface area (Å²) in [5.74, 6) is 3.10. The summed E-state index contributed by atoms with van der Waals surface area (Å²) in [5.41, 5.74) is 5.48. The molecule has 11 heteroatoms. The topological polar surface area (TPSA) is 158 Å². The summed E-state index contributed by atoms with van der Waals surface area (Å²) < 4.78 is 11.1. The molecule has 3 amide bonds. The van der Waals surface area contributed by atoms with Crippen LogP contribution in [0.3, 0.4) is 0 Å². The predicted molar refractivity (Wildman–Crippen MR) is 199 cm³/mol. The van der Waals surface area contributed by atoms with Crippen molar-refractivity contribution in [2.45, 2.75) is 117 Å². The van der Waals surface area contributed by atoms with Crippen LogP contribution in [0.25, 0.3) is 0 Å². The number of nitrogens with one attached hydrogen (secondary N) is 3. The van der Waals surface area contributed by atoms with Gasteiger partial charge in [0.1, 0.15) is 12.4 Å². The maximum Gasteiger partial charge on any atom is 0.407 e. The highest BCUT2D eigenvalue weighted by Crippen LogP contribution is 2.47. The van der Waals surface area contributed by atoms with E-state index in [1.165, 1.54) is 6.42 Å². The lowest BCUT2D eigenvalue weighted by Crippen LogP contribution is -2.56. The molecule has 52 heavy (non-hydrogen) atoms. The molecule has 1 heterocycles. The van der Waals surface area contributed by atoms with Crippen molar-refractivity contribution in [3.05, 3.63) is 71.8 Å². The number of hydrogen-bond acceptors (Lipinski definition) is 8. The lowest BCUT2D eigenvalue weighted by atomic mass is 9.58. The highest BCUT2D eigenvalue weighted by Gasteiger charge is 2.53. The molecule has 2 aliphatic rings. The van der Waals surface area contributed by atoms with Crippen LogP contribution in [0.2, 0.25) is 0 Å². The first-order valence-corrected chi connectivity index (χ1v) is 19.3. The zero-order valence-corrected chi connectivity index (χ0v) is 31.1. The molecule has 2 aromatic rings. The molecule has 4 rings (SSSR count). The van der Waals surface area contributed by atoms with Gasteiger partial charge in [-0.1, -0.05) is 107 Å². The molecule has 2 unspecified atom stereocenters. The third-order valence-corrected chi connectivity index (χ3v) is 10.6. The molecule has 1 saturated carbocycles. The number of benzene rings is 2. The number of carbonyl (C=O) groups is 4. The predicted octanol–water partition coefficient (Wildman–Crippen LogP) is 6.69. The van der Waals surface area contributed by atoms with Gasteiger partial charge in [-0.15, -0.1) is 0 Å². The summed E-state index contributed by atoms with van der Waals surface area (Å²) in [5, 5.41) is 2.77. The van der Waals surface area contributed by atoms with E-state index in [0.717, 1.165) is 56.1 Å². The Morgan fingerprint density at radius 1 is 0.885 bits per heavy atom. The molecule has 1 saturated heterocycles. The third-order valence-electron chi connectivity index (χ3n) is 10.6. The van der Waals surface area contributed by atoms with E-state index in [4.69, 9.17) is 20.2 Å². The normalized spacial score (nSPS) is 18.8. The number of carbonyl (C=O) groups excluding carboxylic acids is 4. The van der Waals surface area contributed by atoms with Crippen LogP contribution in [0, 0.1) is 29.1 Å². The lowest BCUT2D eigenvalue weighted by molar-refractivity contribution is -0.205. The zero-order valence-electron chi connectivity index (χ0n) is 31.1. The van der Waals surface area contributed by atoms with Gasteiger partial charge in [-0.05, 0) is 67.9 Å². The second kappa shape index (κ2) is 21.7. The molecular weight excluding hydrogens is 660 g/mol. The second-order valence-corrected chi connectivity index (χ2v) is 15.0. The molecule has 5 N–H and O–H groups in total. The van der Waals surface area contributed by atoms with E-state index in [9.17, 15) is 14.4 Å². The van der Waals surface area contributed by atoms with E-state index in [0.29, 0.717) is 38.2 Å². The first kappa shape index (κ1) is 41.0. The average Bonchev–Trinajstić information content (AvgIpc) is 3.17. The summed E-state index contributed by atoms with van der Waals surface area (Å²) >= 11 is 0. The van der Waals surface area contributed by atoms with Crippen LogP contribution >= 0.6 is 0 Å². The third kappa shape index (κ3) is 12.7. The van der Waals surface area contributed by atoms with Crippen molar-refractivity contribution in [3.63, 3.8) is 0 Å². The first-order valence-electron chi connectivity index (χ1n) is 19.3. The van der Waals surface area contributed by atoms with Crippen LogP contribution in [0.5, 0.6) is 0 Å². The molecule has 2 aromatic carbocycles. The Morgan fingerprint density at radius 3 is 2.19 bits per heavy atom. The van der Waals surface area contributed by atoms with E-state index >= 15 is 4.79 Å². The Bertz CT molecular complexity index is 1380. The van der Waals surface area contributed by atoms with Crippen LogP contribution in [0.1, 0.15) is 108 Å². The van der Waals surface area contributed by atoms with Crippen molar-refractivity contribution in [2.75, 3.05) is 13.2 Å². The molecule has 1 aliphatic heterocycles. The highest BCUT2D eigenvalue weighted by atomic mass is 16.8. The number of amides is 3. The Labute approximate surface area is 309 Å². The smallest absolute Gasteiger partial charge is 0.407 e. The van der Waals surface area contributed by atoms with Crippen LogP contribution < -0.4 is 22.1 Å². The monoisotopic (exact) mass is 720 g/mol. The molecule has 0 radical (unpaired) electrons. The standard InChI is InChI=1S/C41H60N4O7/c1-30(2)27-34(38(47)44-42)37(39(48)45-52-36-22-12-13-26-50-36)41(28-32-17-8-4-9-18-32,24-23-31-15-6-3-7-16-31)35(46)21-14-25-43-40(49)51-29-33-19-10-5-11-20-33/h4-5,8-11,17-20,30-31,34,36-37H,3,6-7,12-16,21-29,42H2,1-2H3,(H,43,49)(H,44,47)(H,45,48)/t34-,36?,37-,41?/m1/s1. The highest BCUT2D eigenvalue weighted by molar-refractivity contribution is 5.95. The Kier molecular flexibility index (Phi) is 17.1. The SMILES string of the molecule is CC(C)C[C@@H](C(=O)NN)[C@H](C(=O)NOC1CCCCO1)C(CCC1CCCCC1)(Cc1ccccc1)C(=O)CCCNC(=O)OCc1ccccc1. The maximum atomic E-state index is 15.1. The molecule has 0 spiro atoms. The molecule has 0 bridgehead atoms. The van der Waals surface area contributed by atoms with Crippen LogP contribution in [0.15, 0.2) is 60.7 Å². The minimum absolute atomic E-state index is 0.0224. The van der Waals surface area contributed by atoms with Crippen molar-refractivity contribution in [1.82, 2.24) is 16.2 Å². The second-order valence-electron chi connectivity index (χ2n) is 15.0. The number of ether oxygens (including phenoxy) is 2. The van der Waals surface area contributed by atoms with Crippen molar-refractivity contribution in [1.29, 1.82) is 0 Å². The zero-order chi connectivity index (χ0) is 37.2. The minimum Gasteiger partial charge on any atom is -0.445 e. The summed E-state index contributed by atoms with van der Waals surface area (Å²) in [6.07, 6.45) is 9.07. The van der Waals surface area contributed by atoms with Gasteiger partial charge < -0.3 is 14.8 Å². The number of hydrazine groups is 1. The van der Waals surface area contributed by atoms with Gasteiger partial charge in [-0.25, -0.2) is 21.0 Å². The van der Waals surface area contributed by atoms with E-state index < -0.39 is 41.4 Å². The lowest BCUT2D eigenvalue weighted by Gasteiger charge is -2.43. The number of Topliss-reactive ketones (excluding diaryl/α,β-unsaturated/α-hetero) is 1. The van der Waals surface area contributed by atoms with Gasteiger partial charge in [0.15, 0.2) is 6.29 Å². The van der Waals surface area contributed by atoms with Gasteiger partial charge in [0.2, 0.25) is 11.8 Å². The summed E-state index contributed by atoms with van der Waals surface area (Å²) in [6.45, 7) is 4.85. The van der Waals surface area contributed by atoms with Gasteiger partial charge >= 0.3 is 6.09 Å². The van der Waals surface area contributed by atoms with Crippen LogP contribution in [0.4, 0.5) is 4.79 Å². The van der Waals surface area contributed by atoms with E-state index in [2.05, 4.69) is 16.2 Å². The van der Waals surface area contributed by atoms with Gasteiger partial charge in [0, 0.05) is 31.4 Å².